The fraction of sp³-hybridized carbons (Fsp3) is 0.957. The Kier molecular flexibility index (Phi) is 5.12. The standard InChI is InChI=1S/C23H38O5/c1-12(8-20(27)28)15-4-5-16-21-17(11-19(26)23(15,16)3)22(2)7-6-14(24)9-13(22)10-18(21)25/h12-19,21,24-26H,4-11H2,1-3H3,(H,27,28)/t12-,13+,14-,15-,16+,17+,18+,19+,21+,22-,23-/m0/s1. The van der Waals surface area contributed by atoms with Crippen molar-refractivity contribution in [3.63, 3.8) is 0 Å². The van der Waals surface area contributed by atoms with E-state index in [1.807, 2.05) is 6.92 Å². The zero-order valence-corrected chi connectivity index (χ0v) is 17.6. The fourth-order valence-electron chi connectivity index (χ4n) is 8.55. The first-order valence-corrected chi connectivity index (χ1v) is 11.3. The molecule has 4 N–H and O–H groups in total. The summed E-state index contributed by atoms with van der Waals surface area (Å²) in [7, 11) is 0. The smallest absolute Gasteiger partial charge is 0.303 e. The molecular formula is C23H38O5. The van der Waals surface area contributed by atoms with Crippen LogP contribution in [-0.4, -0.2) is 44.7 Å². The van der Waals surface area contributed by atoms with Crippen LogP contribution in [0.4, 0.5) is 0 Å². The summed E-state index contributed by atoms with van der Waals surface area (Å²) in [5.74, 6) is 0.510. The summed E-state index contributed by atoms with van der Waals surface area (Å²) < 4.78 is 0. The van der Waals surface area contributed by atoms with Gasteiger partial charge in [0, 0.05) is 6.42 Å². The van der Waals surface area contributed by atoms with Crippen LogP contribution in [0.25, 0.3) is 0 Å². The second-order valence-electron chi connectivity index (χ2n) is 11.1. The first-order valence-electron chi connectivity index (χ1n) is 11.3. The van der Waals surface area contributed by atoms with Gasteiger partial charge < -0.3 is 20.4 Å². The molecule has 4 aliphatic carbocycles. The van der Waals surface area contributed by atoms with Crippen LogP contribution >= 0.6 is 0 Å². The van der Waals surface area contributed by atoms with Crippen LogP contribution in [0, 0.1) is 46.3 Å². The molecule has 5 nitrogen and oxygen atoms in total. The van der Waals surface area contributed by atoms with Crippen molar-refractivity contribution >= 4 is 5.97 Å². The molecule has 0 aromatic rings. The van der Waals surface area contributed by atoms with Crippen LogP contribution in [-0.2, 0) is 4.79 Å². The lowest BCUT2D eigenvalue weighted by molar-refractivity contribution is -0.207. The highest BCUT2D eigenvalue weighted by molar-refractivity contribution is 5.67. The maximum atomic E-state index is 11.4. The molecule has 4 rings (SSSR count). The van der Waals surface area contributed by atoms with E-state index >= 15 is 0 Å². The van der Waals surface area contributed by atoms with Crippen molar-refractivity contribution in [2.24, 2.45) is 46.3 Å². The molecule has 0 spiro atoms. The summed E-state index contributed by atoms with van der Waals surface area (Å²) in [6.07, 6.45) is 5.02. The van der Waals surface area contributed by atoms with E-state index in [-0.39, 0.29) is 59.0 Å². The van der Waals surface area contributed by atoms with Crippen molar-refractivity contribution in [2.45, 2.75) is 90.4 Å². The van der Waals surface area contributed by atoms with Gasteiger partial charge in [0.2, 0.25) is 0 Å². The maximum absolute atomic E-state index is 11.4. The molecule has 0 aliphatic heterocycles. The lowest BCUT2D eigenvalue weighted by Crippen LogP contribution is -2.62. The molecular weight excluding hydrogens is 356 g/mol. The Labute approximate surface area is 168 Å². The van der Waals surface area contributed by atoms with Gasteiger partial charge in [0.05, 0.1) is 18.3 Å². The van der Waals surface area contributed by atoms with Crippen molar-refractivity contribution in [1.29, 1.82) is 0 Å². The molecule has 0 amide bonds. The predicted octanol–water partition coefficient (Wildman–Crippen LogP) is 3.06. The van der Waals surface area contributed by atoms with Crippen molar-refractivity contribution in [2.75, 3.05) is 0 Å². The van der Waals surface area contributed by atoms with E-state index in [0.29, 0.717) is 12.3 Å². The van der Waals surface area contributed by atoms with E-state index in [4.69, 9.17) is 0 Å². The van der Waals surface area contributed by atoms with E-state index in [0.717, 1.165) is 38.5 Å². The summed E-state index contributed by atoms with van der Waals surface area (Å²) >= 11 is 0. The summed E-state index contributed by atoms with van der Waals surface area (Å²) in [4.78, 5) is 11.3. The van der Waals surface area contributed by atoms with Crippen molar-refractivity contribution < 1.29 is 25.2 Å². The topological polar surface area (TPSA) is 98.0 Å². The number of fused-ring (bicyclic) bond motifs is 5. The number of hydrogen-bond acceptors (Lipinski definition) is 4. The van der Waals surface area contributed by atoms with Gasteiger partial charge in [-0.25, -0.2) is 0 Å². The molecule has 0 aromatic carbocycles. The fourth-order valence-corrected chi connectivity index (χ4v) is 8.55. The Balaban J connectivity index is 1.65. The molecule has 4 fully saturated rings. The van der Waals surface area contributed by atoms with Crippen LogP contribution in [0.2, 0.25) is 0 Å². The Morgan fingerprint density at radius 2 is 1.75 bits per heavy atom. The van der Waals surface area contributed by atoms with E-state index < -0.39 is 12.1 Å². The molecule has 0 heterocycles. The maximum Gasteiger partial charge on any atom is 0.303 e. The number of carboxylic acids is 1. The Bertz CT molecular complexity index is 622. The van der Waals surface area contributed by atoms with Crippen LogP contribution in [0.1, 0.15) is 72.1 Å². The SMILES string of the molecule is C[C@@H](CC(=O)O)[C@@H]1CC[C@@H]2[C@H]3[C@H](O)C[C@H]4C[C@@H](O)CC[C@]4(C)[C@@H]3C[C@@H](O)[C@]21C. The largest absolute Gasteiger partial charge is 0.481 e. The lowest BCUT2D eigenvalue weighted by atomic mass is 9.43. The van der Waals surface area contributed by atoms with Gasteiger partial charge in [0.15, 0.2) is 0 Å². The van der Waals surface area contributed by atoms with Crippen molar-refractivity contribution in [3.05, 3.63) is 0 Å². The molecule has 5 heteroatoms. The molecule has 0 aromatic heterocycles. The van der Waals surface area contributed by atoms with Gasteiger partial charge in [-0.05, 0) is 91.3 Å². The molecule has 0 saturated heterocycles. The number of carboxylic acid groups (broad SMARTS) is 1. The van der Waals surface area contributed by atoms with Crippen LogP contribution in [0.15, 0.2) is 0 Å². The van der Waals surface area contributed by atoms with Crippen LogP contribution in [0.3, 0.4) is 0 Å². The Morgan fingerprint density at radius 3 is 2.43 bits per heavy atom. The quantitative estimate of drug-likeness (QED) is 0.590. The zero-order chi connectivity index (χ0) is 20.4. The van der Waals surface area contributed by atoms with Gasteiger partial charge in [-0.3, -0.25) is 4.79 Å². The van der Waals surface area contributed by atoms with E-state index in [2.05, 4.69) is 13.8 Å². The third-order valence-corrected chi connectivity index (χ3v) is 10.0. The molecule has 4 saturated carbocycles. The highest BCUT2D eigenvalue weighted by atomic mass is 16.4. The van der Waals surface area contributed by atoms with Gasteiger partial charge in [-0.2, -0.15) is 0 Å². The Morgan fingerprint density at radius 1 is 1.04 bits per heavy atom. The van der Waals surface area contributed by atoms with Crippen LogP contribution < -0.4 is 0 Å². The zero-order valence-electron chi connectivity index (χ0n) is 17.6. The number of carbonyl (C=O) groups is 1. The summed E-state index contributed by atoms with van der Waals surface area (Å²) in [5, 5.41) is 42.1. The first-order chi connectivity index (χ1) is 13.1. The monoisotopic (exact) mass is 394 g/mol. The minimum absolute atomic E-state index is 0.0348. The lowest BCUT2D eigenvalue weighted by Gasteiger charge is -2.63. The van der Waals surface area contributed by atoms with Gasteiger partial charge in [0.25, 0.3) is 0 Å². The van der Waals surface area contributed by atoms with Gasteiger partial charge in [0.1, 0.15) is 0 Å². The van der Waals surface area contributed by atoms with Gasteiger partial charge >= 0.3 is 5.97 Å². The highest BCUT2D eigenvalue weighted by Gasteiger charge is 2.65. The second kappa shape index (κ2) is 6.95. The Hall–Kier alpha value is -0.650. The normalized spacial score (nSPS) is 54.4. The highest BCUT2D eigenvalue weighted by Crippen LogP contribution is 2.68. The third kappa shape index (κ3) is 2.87. The van der Waals surface area contributed by atoms with Gasteiger partial charge in [-0.1, -0.05) is 20.8 Å². The molecule has 0 bridgehead atoms. The number of aliphatic hydroxyl groups excluding tert-OH is 3. The minimum Gasteiger partial charge on any atom is -0.481 e. The number of rotatable bonds is 3. The van der Waals surface area contributed by atoms with E-state index in [1.165, 1.54) is 0 Å². The predicted molar refractivity (Wildman–Crippen MR) is 105 cm³/mol. The first kappa shape index (κ1) is 20.6. The number of aliphatic carboxylic acids is 1. The number of hydrogen-bond donors (Lipinski definition) is 4. The molecule has 160 valence electrons. The minimum atomic E-state index is -0.767. The summed E-state index contributed by atoms with van der Waals surface area (Å²) in [5.41, 5.74) is -0.232. The van der Waals surface area contributed by atoms with Crippen molar-refractivity contribution in [1.82, 2.24) is 0 Å². The van der Waals surface area contributed by atoms with E-state index in [9.17, 15) is 25.2 Å². The van der Waals surface area contributed by atoms with Gasteiger partial charge in [-0.15, -0.1) is 0 Å². The molecule has 4 aliphatic rings. The number of aliphatic hydroxyl groups is 3. The van der Waals surface area contributed by atoms with E-state index in [1.54, 1.807) is 0 Å². The third-order valence-electron chi connectivity index (χ3n) is 10.0. The second-order valence-corrected chi connectivity index (χ2v) is 11.1. The molecule has 28 heavy (non-hydrogen) atoms. The summed E-state index contributed by atoms with van der Waals surface area (Å²) in [6, 6.07) is 0. The molecule has 0 radical (unpaired) electrons. The molecule has 0 unspecified atom stereocenters. The van der Waals surface area contributed by atoms with Crippen LogP contribution in [0.5, 0.6) is 0 Å². The average Bonchev–Trinajstić information content (AvgIpc) is 2.95. The average molecular weight is 395 g/mol. The molecule has 11 atom stereocenters. The van der Waals surface area contributed by atoms with Crippen molar-refractivity contribution in [3.8, 4) is 0 Å². The summed E-state index contributed by atoms with van der Waals surface area (Å²) in [6.45, 7) is 6.52.